The zero-order valence-corrected chi connectivity index (χ0v) is 31.8. The van der Waals surface area contributed by atoms with Crippen molar-refractivity contribution in [2.45, 2.75) is 139 Å². The topological polar surface area (TPSA) is 141 Å². The van der Waals surface area contributed by atoms with Crippen molar-refractivity contribution in [1.29, 1.82) is 0 Å². The molecule has 0 radical (unpaired) electrons. The van der Waals surface area contributed by atoms with Gasteiger partial charge in [0.05, 0.1) is 32.7 Å². The second-order valence-electron chi connectivity index (χ2n) is 16.6. The SMILES string of the molecule is C.CC(C)(C)OC(=O)CN(CCN(CC(=O)OC(C)(C)C)CC(=O)OC(C)(C)C)CCN(CC(=O)OC(C)(C)C)CC(=O)OC(C)(C)C. The van der Waals surface area contributed by atoms with Crippen LogP contribution in [0.5, 0.6) is 0 Å². The maximum atomic E-state index is 12.9. The van der Waals surface area contributed by atoms with Gasteiger partial charge in [-0.2, -0.15) is 0 Å². The highest BCUT2D eigenvalue weighted by molar-refractivity contribution is 5.76. The molecular weight excluding hydrogens is 622 g/mol. The van der Waals surface area contributed by atoms with Crippen molar-refractivity contribution in [3.63, 3.8) is 0 Å². The first-order chi connectivity index (χ1) is 20.9. The highest BCUT2D eigenvalue weighted by Gasteiger charge is 2.27. The molecule has 0 aliphatic heterocycles. The Bertz CT molecular complexity index is 913. The Morgan fingerprint density at radius 1 is 0.333 bits per heavy atom. The van der Waals surface area contributed by atoms with Crippen LogP contribution in [0.3, 0.4) is 0 Å². The predicted molar refractivity (Wildman–Crippen MR) is 185 cm³/mol. The Labute approximate surface area is 290 Å². The summed E-state index contributed by atoms with van der Waals surface area (Å²) in [5.41, 5.74) is -3.60. The molecule has 0 heterocycles. The van der Waals surface area contributed by atoms with Crippen LogP contribution in [0.2, 0.25) is 0 Å². The molecule has 0 aliphatic carbocycles. The Balaban J connectivity index is 0. The van der Waals surface area contributed by atoms with E-state index in [-0.39, 0.29) is 66.3 Å². The van der Waals surface area contributed by atoms with E-state index in [1.807, 2.05) is 0 Å². The molecule has 0 bridgehead atoms. The molecule has 0 unspecified atom stereocenters. The number of esters is 5. The fraction of sp³-hybridized carbons (Fsp3) is 0.857. The maximum absolute atomic E-state index is 12.9. The number of hydrogen-bond acceptors (Lipinski definition) is 13. The highest BCUT2D eigenvalue weighted by Crippen LogP contribution is 2.13. The molecule has 0 spiro atoms. The van der Waals surface area contributed by atoms with Gasteiger partial charge in [-0.15, -0.1) is 0 Å². The van der Waals surface area contributed by atoms with E-state index in [1.165, 1.54) is 0 Å². The van der Waals surface area contributed by atoms with E-state index in [1.54, 1.807) is 119 Å². The summed E-state index contributed by atoms with van der Waals surface area (Å²) in [6.07, 6.45) is 0. The summed E-state index contributed by atoms with van der Waals surface area (Å²) in [4.78, 5) is 68.8. The molecule has 0 saturated heterocycles. The van der Waals surface area contributed by atoms with Crippen LogP contribution >= 0.6 is 0 Å². The Morgan fingerprint density at radius 2 is 0.479 bits per heavy atom. The third kappa shape index (κ3) is 28.3. The molecule has 13 nitrogen and oxygen atoms in total. The fourth-order valence-corrected chi connectivity index (χ4v) is 4.05. The summed E-state index contributed by atoms with van der Waals surface area (Å²) in [5, 5.41) is 0. The Hall–Kier alpha value is -2.77. The molecule has 0 fully saturated rings. The van der Waals surface area contributed by atoms with E-state index in [4.69, 9.17) is 23.7 Å². The summed E-state index contributed by atoms with van der Waals surface area (Å²) < 4.78 is 27.5. The minimum absolute atomic E-state index is 0. The minimum atomic E-state index is -0.721. The van der Waals surface area contributed by atoms with Gasteiger partial charge in [0.15, 0.2) is 0 Å². The van der Waals surface area contributed by atoms with Gasteiger partial charge in [-0.3, -0.25) is 38.7 Å². The standard InChI is InChI=1S/C34H63N3O10.CH4/c1-30(2,3)43-25(38)20-35(16-18-36(21-26(39)44-31(4,5)6)22-27(40)45-32(7,8)9)17-19-37(23-28(41)46-33(10,11)12)24-29(42)47-34(13,14)15;/h16-24H2,1-15H3;1H4. The Kier molecular flexibility index (Phi) is 19.2. The molecular formula is C35H67N3O10. The monoisotopic (exact) mass is 689 g/mol. The zero-order chi connectivity index (χ0) is 37.0. The van der Waals surface area contributed by atoms with E-state index in [0.717, 1.165) is 0 Å². The first-order valence-corrected chi connectivity index (χ1v) is 16.2. The molecule has 0 aromatic rings. The number of carbonyl (C=O) groups excluding carboxylic acids is 5. The van der Waals surface area contributed by atoms with Gasteiger partial charge < -0.3 is 23.7 Å². The Morgan fingerprint density at radius 3 is 0.646 bits per heavy atom. The summed E-state index contributed by atoms with van der Waals surface area (Å²) >= 11 is 0. The van der Waals surface area contributed by atoms with E-state index < -0.39 is 57.9 Å². The number of ether oxygens (including phenoxy) is 5. The molecule has 0 N–H and O–H groups in total. The van der Waals surface area contributed by atoms with Crippen LogP contribution in [0.1, 0.15) is 111 Å². The number of carbonyl (C=O) groups is 5. The van der Waals surface area contributed by atoms with Gasteiger partial charge in [0.25, 0.3) is 0 Å². The van der Waals surface area contributed by atoms with Gasteiger partial charge >= 0.3 is 29.8 Å². The van der Waals surface area contributed by atoms with E-state index >= 15 is 0 Å². The van der Waals surface area contributed by atoms with Crippen LogP contribution < -0.4 is 0 Å². The maximum Gasteiger partial charge on any atom is 0.320 e. The molecule has 13 heteroatoms. The predicted octanol–water partition coefficient (Wildman–Crippen LogP) is 4.24. The van der Waals surface area contributed by atoms with Crippen LogP contribution in [0.25, 0.3) is 0 Å². The molecule has 0 rings (SSSR count). The molecule has 0 aromatic heterocycles. The zero-order valence-electron chi connectivity index (χ0n) is 31.8. The molecule has 282 valence electrons. The largest absolute Gasteiger partial charge is 0.459 e. The molecule has 48 heavy (non-hydrogen) atoms. The van der Waals surface area contributed by atoms with Gasteiger partial charge in [-0.1, -0.05) is 7.43 Å². The van der Waals surface area contributed by atoms with Crippen molar-refractivity contribution in [1.82, 2.24) is 14.7 Å². The summed E-state index contributed by atoms with van der Waals surface area (Å²) in [7, 11) is 0. The van der Waals surface area contributed by atoms with Crippen LogP contribution in [-0.2, 0) is 47.7 Å². The van der Waals surface area contributed by atoms with Crippen LogP contribution in [0.4, 0.5) is 0 Å². The smallest absolute Gasteiger partial charge is 0.320 e. The highest BCUT2D eigenvalue weighted by atomic mass is 16.6. The van der Waals surface area contributed by atoms with Gasteiger partial charge in [-0.25, -0.2) is 0 Å². The summed E-state index contributed by atoms with van der Waals surface area (Å²) in [6.45, 7) is 26.4. The number of rotatable bonds is 16. The van der Waals surface area contributed by atoms with Crippen LogP contribution in [-0.4, -0.2) is 131 Å². The van der Waals surface area contributed by atoms with Crippen molar-refractivity contribution in [2.24, 2.45) is 0 Å². The van der Waals surface area contributed by atoms with E-state index in [9.17, 15) is 24.0 Å². The number of hydrogen-bond donors (Lipinski definition) is 0. The third-order valence-electron chi connectivity index (χ3n) is 5.33. The van der Waals surface area contributed by atoms with Crippen LogP contribution in [0.15, 0.2) is 0 Å². The molecule has 0 amide bonds. The second kappa shape index (κ2) is 19.4. The van der Waals surface area contributed by atoms with Gasteiger partial charge in [0.1, 0.15) is 28.0 Å². The lowest BCUT2D eigenvalue weighted by Crippen LogP contribution is -2.47. The molecule has 0 saturated carbocycles. The lowest BCUT2D eigenvalue weighted by atomic mass is 10.2. The quantitative estimate of drug-likeness (QED) is 0.169. The van der Waals surface area contributed by atoms with Crippen molar-refractivity contribution in [3.8, 4) is 0 Å². The first-order valence-electron chi connectivity index (χ1n) is 16.2. The number of nitrogens with zero attached hydrogens (tertiary/aromatic N) is 3. The lowest BCUT2D eigenvalue weighted by molar-refractivity contribution is -0.162. The molecule has 0 atom stereocenters. The fourth-order valence-electron chi connectivity index (χ4n) is 4.05. The van der Waals surface area contributed by atoms with Crippen LogP contribution in [0, 0.1) is 0 Å². The van der Waals surface area contributed by atoms with Crippen molar-refractivity contribution in [2.75, 3.05) is 58.9 Å². The van der Waals surface area contributed by atoms with Crippen molar-refractivity contribution >= 4 is 29.8 Å². The van der Waals surface area contributed by atoms with Crippen molar-refractivity contribution < 1.29 is 47.7 Å². The summed E-state index contributed by atoms with van der Waals surface area (Å²) in [6, 6.07) is 0. The van der Waals surface area contributed by atoms with Gasteiger partial charge in [-0.05, 0) is 104 Å². The summed E-state index contributed by atoms with van der Waals surface area (Å²) in [5.74, 6) is -2.53. The first kappa shape index (κ1) is 47.3. The third-order valence-corrected chi connectivity index (χ3v) is 5.33. The average molecular weight is 690 g/mol. The van der Waals surface area contributed by atoms with Gasteiger partial charge in [0, 0.05) is 26.2 Å². The van der Waals surface area contributed by atoms with Gasteiger partial charge in [0.2, 0.25) is 0 Å². The van der Waals surface area contributed by atoms with E-state index in [0.29, 0.717) is 0 Å². The van der Waals surface area contributed by atoms with Crippen molar-refractivity contribution in [3.05, 3.63) is 0 Å². The molecule has 0 aromatic carbocycles. The second-order valence-corrected chi connectivity index (χ2v) is 16.6. The van der Waals surface area contributed by atoms with E-state index in [2.05, 4.69) is 0 Å². The normalized spacial score (nSPS) is 12.8. The average Bonchev–Trinajstić information content (AvgIpc) is 2.73. The lowest BCUT2D eigenvalue weighted by Gasteiger charge is -2.31. The molecule has 0 aliphatic rings. The minimum Gasteiger partial charge on any atom is -0.459 e.